The van der Waals surface area contributed by atoms with Gasteiger partial charge >= 0.3 is 0 Å². The zero-order valence-electron chi connectivity index (χ0n) is 20.1. The molecule has 3 aliphatic carbocycles. The molecule has 0 nitrogen and oxygen atoms in total. The van der Waals surface area contributed by atoms with Gasteiger partial charge in [-0.05, 0) is 98.2 Å². The maximum atomic E-state index is 2.52. The SMILES string of the molecule is CCCC(CCCC(C)C)C(CC)C1(CC(CC)C2CCC(C3CC3)C2)CC1. The minimum absolute atomic E-state index is 0.755. The second kappa shape index (κ2) is 10.3. The predicted octanol–water partition coefficient (Wildman–Crippen LogP) is 9.28. The van der Waals surface area contributed by atoms with Crippen LogP contribution >= 0.6 is 0 Å². The fraction of sp³-hybridized carbons (Fsp3) is 1.00. The second-order valence-corrected chi connectivity index (χ2v) is 11.8. The van der Waals surface area contributed by atoms with Crippen LogP contribution in [0.25, 0.3) is 0 Å². The molecule has 164 valence electrons. The standard InChI is InChI=1S/C28H52/c1-6-10-24(12-9-11-21(4)5)27(8-3)28(17-18-28)20-22(7-2)25-15-16-26(19-25)23-13-14-23/h21-27H,6-20H2,1-5H3. The molecule has 0 aromatic heterocycles. The first-order valence-electron chi connectivity index (χ1n) is 13.5. The highest BCUT2D eigenvalue weighted by atomic mass is 14.6. The van der Waals surface area contributed by atoms with E-state index in [1.807, 2.05) is 0 Å². The number of hydrogen-bond donors (Lipinski definition) is 0. The average Bonchev–Trinajstić information content (AvgIpc) is 3.60. The molecular formula is C28H52. The summed E-state index contributed by atoms with van der Waals surface area (Å²) in [6.07, 6.45) is 22.8. The number of rotatable bonds is 14. The molecule has 0 heterocycles. The first-order chi connectivity index (χ1) is 13.5. The van der Waals surface area contributed by atoms with Crippen molar-refractivity contribution in [3.63, 3.8) is 0 Å². The smallest absolute Gasteiger partial charge is 0.0263 e. The summed E-state index contributed by atoms with van der Waals surface area (Å²) in [5.41, 5.74) is 0.755. The molecule has 0 amide bonds. The Morgan fingerprint density at radius 1 is 0.821 bits per heavy atom. The first kappa shape index (κ1) is 22.7. The second-order valence-electron chi connectivity index (χ2n) is 11.8. The van der Waals surface area contributed by atoms with E-state index in [9.17, 15) is 0 Å². The molecule has 3 rings (SSSR count). The van der Waals surface area contributed by atoms with Crippen molar-refractivity contribution in [2.45, 2.75) is 131 Å². The van der Waals surface area contributed by atoms with E-state index in [4.69, 9.17) is 0 Å². The van der Waals surface area contributed by atoms with Gasteiger partial charge in [0.2, 0.25) is 0 Å². The highest BCUT2D eigenvalue weighted by molar-refractivity contribution is 5.02. The predicted molar refractivity (Wildman–Crippen MR) is 124 cm³/mol. The normalized spacial score (nSPS) is 29.8. The lowest BCUT2D eigenvalue weighted by atomic mass is 9.68. The van der Waals surface area contributed by atoms with Gasteiger partial charge in [0.15, 0.2) is 0 Å². The Bertz CT molecular complexity index is 441. The molecule has 28 heavy (non-hydrogen) atoms. The molecule has 0 bridgehead atoms. The maximum absolute atomic E-state index is 2.52. The summed E-state index contributed by atoms with van der Waals surface area (Å²) >= 11 is 0. The van der Waals surface area contributed by atoms with Crippen molar-refractivity contribution in [2.75, 3.05) is 0 Å². The Labute approximate surface area is 178 Å². The molecule has 3 fully saturated rings. The zero-order valence-corrected chi connectivity index (χ0v) is 20.1. The van der Waals surface area contributed by atoms with Crippen molar-refractivity contribution in [3.05, 3.63) is 0 Å². The number of hydrogen-bond acceptors (Lipinski definition) is 0. The van der Waals surface area contributed by atoms with Gasteiger partial charge in [-0.15, -0.1) is 0 Å². The molecule has 0 N–H and O–H groups in total. The Kier molecular flexibility index (Phi) is 8.38. The van der Waals surface area contributed by atoms with Crippen LogP contribution in [0.3, 0.4) is 0 Å². The minimum Gasteiger partial charge on any atom is -0.0654 e. The third-order valence-electron chi connectivity index (χ3n) is 9.37. The molecule has 0 aliphatic heterocycles. The van der Waals surface area contributed by atoms with Crippen LogP contribution in [0.4, 0.5) is 0 Å². The fourth-order valence-corrected chi connectivity index (χ4v) is 7.50. The van der Waals surface area contributed by atoms with Gasteiger partial charge in [-0.1, -0.05) is 79.6 Å². The van der Waals surface area contributed by atoms with E-state index < -0.39 is 0 Å². The van der Waals surface area contributed by atoms with Crippen LogP contribution in [0.1, 0.15) is 131 Å². The highest BCUT2D eigenvalue weighted by Crippen LogP contribution is 2.62. The van der Waals surface area contributed by atoms with Crippen LogP contribution in [-0.4, -0.2) is 0 Å². The molecule has 3 saturated carbocycles. The largest absolute Gasteiger partial charge is 0.0654 e. The van der Waals surface area contributed by atoms with E-state index in [-0.39, 0.29) is 0 Å². The fourth-order valence-electron chi connectivity index (χ4n) is 7.50. The monoisotopic (exact) mass is 388 g/mol. The minimum atomic E-state index is 0.755. The molecular weight excluding hydrogens is 336 g/mol. The highest BCUT2D eigenvalue weighted by Gasteiger charge is 2.52. The molecule has 5 unspecified atom stereocenters. The lowest BCUT2D eigenvalue weighted by Gasteiger charge is -2.37. The van der Waals surface area contributed by atoms with Gasteiger partial charge < -0.3 is 0 Å². The van der Waals surface area contributed by atoms with E-state index in [1.54, 1.807) is 51.4 Å². The quantitative estimate of drug-likeness (QED) is 0.278. The third kappa shape index (κ3) is 5.78. The summed E-state index contributed by atoms with van der Waals surface area (Å²) in [4.78, 5) is 0. The molecule has 0 aromatic carbocycles. The van der Waals surface area contributed by atoms with Gasteiger partial charge in [-0.2, -0.15) is 0 Å². The summed E-state index contributed by atoms with van der Waals surface area (Å²) in [6, 6.07) is 0. The summed E-state index contributed by atoms with van der Waals surface area (Å²) in [7, 11) is 0. The molecule has 0 saturated heterocycles. The summed E-state index contributed by atoms with van der Waals surface area (Å²) in [5, 5.41) is 0. The van der Waals surface area contributed by atoms with Crippen LogP contribution in [0.15, 0.2) is 0 Å². The first-order valence-corrected chi connectivity index (χ1v) is 13.5. The van der Waals surface area contributed by atoms with Crippen LogP contribution in [0, 0.1) is 46.8 Å². The lowest BCUT2D eigenvalue weighted by Crippen LogP contribution is -2.28. The molecule has 3 aliphatic rings. The molecule has 0 spiro atoms. The molecule has 5 atom stereocenters. The summed E-state index contributed by atoms with van der Waals surface area (Å²) in [5.74, 6) is 7.31. The van der Waals surface area contributed by atoms with Crippen LogP contribution in [-0.2, 0) is 0 Å². The van der Waals surface area contributed by atoms with Crippen LogP contribution in [0.5, 0.6) is 0 Å². The summed E-state index contributed by atoms with van der Waals surface area (Å²) in [6.45, 7) is 12.3. The lowest BCUT2D eigenvalue weighted by molar-refractivity contribution is 0.124. The van der Waals surface area contributed by atoms with E-state index >= 15 is 0 Å². The van der Waals surface area contributed by atoms with Crippen molar-refractivity contribution in [3.8, 4) is 0 Å². The van der Waals surface area contributed by atoms with E-state index in [2.05, 4.69) is 34.6 Å². The Balaban J connectivity index is 1.59. The third-order valence-corrected chi connectivity index (χ3v) is 9.37. The molecule has 0 radical (unpaired) electrons. The maximum Gasteiger partial charge on any atom is -0.0263 e. The Morgan fingerprint density at radius 2 is 1.54 bits per heavy atom. The van der Waals surface area contributed by atoms with Gasteiger partial charge in [-0.3, -0.25) is 0 Å². The van der Waals surface area contributed by atoms with E-state index in [0.717, 1.165) is 46.8 Å². The summed E-state index contributed by atoms with van der Waals surface area (Å²) < 4.78 is 0. The van der Waals surface area contributed by atoms with Gasteiger partial charge in [-0.25, -0.2) is 0 Å². The van der Waals surface area contributed by atoms with Crippen molar-refractivity contribution in [2.24, 2.45) is 46.8 Å². The van der Waals surface area contributed by atoms with Gasteiger partial charge in [0.05, 0.1) is 0 Å². The van der Waals surface area contributed by atoms with Crippen molar-refractivity contribution in [1.82, 2.24) is 0 Å². The topological polar surface area (TPSA) is 0 Å². The van der Waals surface area contributed by atoms with Gasteiger partial charge in [0.25, 0.3) is 0 Å². The zero-order chi connectivity index (χ0) is 20.1. The van der Waals surface area contributed by atoms with Gasteiger partial charge in [0.1, 0.15) is 0 Å². The van der Waals surface area contributed by atoms with E-state index in [0.29, 0.717) is 0 Å². The van der Waals surface area contributed by atoms with E-state index in [1.165, 1.54) is 44.9 Å². The Hall–Kier alpha value is 0. The van der Waals surface area contributed by atoms with Crippen LogP contribution in [0.2, 0.25) is 0 Å². The van der Waals surface area contributed by atoms with Crippen molar-refractivity contribution < 1.29 is 0 Å². The Morgan fingerprint density at radius 3 is 2.07 bits per heavy atom. The van der Waals surface area contributed by atoms with Crippen molar-refractivity contribution in [1.29, 1.82) is 0 Å². The van der Waals surface area contributed by atoms with Crippen LogP contribution < -0.4 is 0 Å². The molecule has 0 heteroatoms. The van der Waals surface area contributed by atoms with Crippen molar-refractivity contribution >= 4 is 0 Å². The average molecular weight is 389 g/mol. The molecule has 0 aromatic rings. The van der Waals surface area contributed by atoms with Gasteiger partial charge in [0, 0.05) is 0 Å².